The molecule has 21 heavy (non-hydrogen) atoms. The summed E-state index contributed by atoms with van der Waals surface area (Å²) in [5.41, 5.74) is 11.7. The smallest absolute Gasteiger partial charge is 0.176 e. The molecule has 0 fully saturated rings. The molecule has 108 valence electrons. The van der Waals surface area contributed by atoms with Gasteiger partial charge in [-0.1, -0.05) is 12.1 Å². The van der Waals surface area contributed by atoms with Gasteiger partial charge in [-0.05, 0) is 36.4 Å². The lowest BCUT2D eigenvalue weighted by molar-refractivity contribution is 0.0993. The van der Waals surface area contributed by atoms with Crippen LogP contribution in [-0.2, 0) is 0 Å². The zero-order valence-corrected chi connectivity index (χ0v) is 11.4. The second kappa shape index (κ2) is 6.78. The van der Waals surface area contributed by atoms with Gasteiger partial charge in [0.1, 0.15) is 11.5 Å². The molecule has 0 saturated carbocycles. The average molecular weight is 284 g/mol. The molecule has 0 radical (unpaired) electrons. The first-order valence-electron chi connectivity index (χ1n) is 6.48. The van der Waals surface area contributed by atoms with Crippen molar-refractivity contribution in [3.8, 4) is 11.5 Å². The highest BCUT2D eigenvalue weighted by atomic mass is 16.5. The average Bonchev–Trinajstić information content (AvgIpc) is 2.54. The molecule has 0 atom stereocenters. The number of carbonyl (C=O) groups excluding carboxylic acids is 2. The molecule has 0 aromatic heterocycles. The number of nitrogens with two attached hydrogens (primary N) is 2. The van der Waals surface area contributed by atoms with Crippen LogP contribution in [0.4, 0.5) is 0 Å². The van der Waals surface area contributed by atoms with E-state index >= 15 is 0 Å². The van der Waals surface area contributed by atoms with Gasteiger partial charge in [-0.15, -0.1) is 0 Å². The van der Waals surface area contributed by atoms with Gasteiger partial charge >= 0.3 is 0 Å². The number of ketones is 2. The second-order valence-electron chi connectivity index (χ2n) is 4.41. The van der Waals surface area contributed by atoms with Gasteiger partial charge in [0.05, 0.1) is 13.1 Å². The molecule has 0 spiro atoms. The number of Topliss-reactive ketones (excluding diaryl/α,β-unsaturated/α-hetero) is 2. The fourth-order valence-corrected chi connectivity index (χ4v) is 1.81. The van der Waals surface area contributed by atoms with Gasteiger partial charge in [0.2, 0.25) is 0 Å². The molecule has 0 unspecified atom stereocenters. The second-order valence-corrected chi connectivity index (χ2v) is 4.41. The van der Waals surface area contributed by atoms with Crippen molar-refractivity contribution in [2.24, 2.45) is 11.5 Å². The summed E-state index contributed by atoms with van der Waals surface area (Å²) in [5, 5.41) is 0. The molecule has 0 aliphatic rings. The molecular formula is C16H16N2O3. The van der Waals surface area contributed by atoms with E-state index in [4.69, 9.17) is 16.2 Å². The summed E-state index contributed by atoms with van der Waals surface area (Å²) >= 11 is 0. The van der Waals surface area contributed by atoms with Crippen LogP contribution in [0.15, 0.2) is 48.5 Å². The van der Waals surface area contributed by atoms with Crippen LogP contribution < -0.4 is 16.2 Å². The van der Waals surface area contributed by atoms with Gasteiger partial charge < -0.3 is 16.2 Å². The summed E-state index contributed by atoms with van der Waals surface area (Å²) in [4.78, 5) is 23.0. The minimum Gasteiger partial charge on any atom is -0.457 e. The van der Waals surface area contributed by atoms with Crippen molar-refractivity contribution in [3.05, 3.63) is 59.7 Å². The molecule has 0 aliphatic heterocycles. The number of rotatable bonds is 6. The van der Waals surface area contributed by atoms with E-state index in [-0.39, 0.29) is 24.7 Å². The lowest BCUT2D eigenvalue weighted by atomic mass is 10.1. The Balaban J connectivity index is 2.15. The summed E-state index contributed by atoms with van der Waals surface area (Å²) < 4.78 is 5.65. The highest BCUT2D eigenvalue weighted by Crippen LogP contribution is 2.22. The summed E-state index contributed by atoms with van der Waals surface area (Å²) in [6.45, 7) is -0.0667. The van der Waals surface area contributed by atoms with Crippen molar-refractivity contribution < 1.29 is 14.3 Å². The standard InChI is InChI=1S/C16H16N2O3/c17-9-15(19)11-4-6-13(7-5-11)21-14-3-1-2-12(8-14)16(20)10-18/h1-8H,9-10,17-18H2. The number of hydrogen-bond acceptors (Lipinski definition) is 5. The van der Waals surface area contributed by atoms with Crippen molar-refractivity contribution in [2.45, 2.75) is 0 Å². The molecule has 0 saturated heterocycles. The van der Waals surface area contributed by atoms with E-state index in [9.17, 15) is 9.59 Å². The predicted molar refractivity (Wildman–Crippen MR) is 79.7 cm³/mol. The Morgan fingerprint density at radius 1 is 0.810 bits per heavy atom. The maximum Gasteiger partial charge on any atom is 0.176 e. The molecule has 0 amide bonds. The van der Waals surface area contributed by atoms with Crippen molar-refractivity contribution in [1.29, 1.82) is 0 Å². The number of ether oxygens (including phenoxy) is 1. The first-order chi connectivity index (χ1) is 10.1. The maximum absolute atomic E-state index is 11.5. The minimum atomic E-state index is -0.149. The highest BCUT2D eigenvalue weighted by molar-refractivity contribution is 5.98. The molecule has 2 aromatic carbocycles. The summed E-state index contributed by atoms with van der Waals surface area (Å²) in [6, 6.07) is 13.5. The Kier molecular flexibility index (Phi) is 4.81. The van der Waals surface area contributed by atoms with Crippen molar-refractivity contribution in [3.63, 3.8) is 0 Å². The number of carbonyl (C=O) groups is 2. The van der Waals surface area contributed by atoms with Crippen LogP contribution in [0, 0.1) is 0 Å². The van der Waals surface area contributed by atoms with Crippen LogP contribution in [-0.4, -0.2) is 24.7 Å². The van der Waals surface area contributed by atoms with E-state index < -0.39 is 0 Å². The molecule has 2 rings (SSSR count). The summed E-state index contributed by atoms with van der Waals surface area (Å²) in [7, 11) is 0. The minimum absolute atomic E-state index is 0.0244. The Morgan fingerprint density at radius 2 is 1.43 bits per heavy atom. The van der Waals surface area contributed by atoms with E-state index in [0.29, 0.717) is 22.6 Å². The molecule has 0 aliphatic carbocycles. The number of hydrogen-bond donors (Lipinski definition) is 2. The van der Waals surface area contributed by atoms with Crippen LogP contribution in [0.3, 0.4) is 0 Å². The third kappa shape index (κ3) is 3.75. The van der Waals surface area contributed by atoms with Gasteiger partial charge in [0, 0.05) is 11.1 Å². The van der Waals surface area contributed by atoms with E-state index in [0.717, 1.165) is 0 Å². The molecule has 2 aromatic rings. The lowest BCUT2D eigenvalue weighted by Gasteiger charge is -2.07. The largest absolute Gasteiger partial charge is 0.457 e. The highest BCUT2D eigenvalue weighted by Gasteiger charge is 2.06. The van der Waals surface area contributed by atoms with Crippen molar-refractivity contribution >= 4 is 11.6 Å². The quantitative estimate of drug-likeness (QED) is 0.788. The third-order valence-electron chi connectivity index (χ3n) is 2.94. The third-order valence-corrected chi connectivity index (χ3v) is 2.94. The van der Waals surface area contributed by atoms with E-state index in [2.05, 4.69) is 0 Å². The molecule has 5 nitrogen and oxygen atoms in total. The molecule has 0 heterocycles. The fraction of sp³-hybridized carbons (Fsp3) is 0.125. The van der Waals surface area contributed by atoms with Gasteiger partial charge in [-0.25, -0.2) is 0 Å². The zero-order chi connectivity index (χ0) is 15.2. The monoisotopic (exact) mass is 284 g/mol. The van der Waals surface area contributed by atoms with Gasteiger partial charge in [-0.2, -0.15) is 0 Å². The normalized spacial score (nSPS) is 10.2. The summed E-state index contributed by atoms with van der Waals surface area (Å²) in [5.74, 6) is 0.828. The van der Waals surface area contributed by atoms with Crippen molar-refractivity contribution in [1.82, 2.24) is 0 Å². The first kappa shape index (κ1) is 14.9. The Hall–Kier alpha value is -2.50. The van der Waals surface area contributed by atoms with Crippen molar-refractivity contribution in [2.75, 3.05) is 13.1 Å². The Labute approximate surface area is 122 Å². The maximum atomic E-state index is 11.5. The summed E-state index contributed by atoms with van der Waals surface area (Å²) in [6.07, 6.45) is 0. The van der Waals surface area contributed by atoms with Crippen LogP contribution in [0.1, 0.15) is 20.7 Å². The number of benzene rings is 2. The van der Waals surface area contributed by atoms with Crippen LogP contribution in [0.25, 0.3) is 0 Å². The van der Waals surface area contributed by atoms with Crippen LogP contribution >= 0.6 is 0 Å². The van der Waals surface area contributed by atoms with Crippen LogP contribution in [0.2, 0.25) is 0 Å². The Morgan fingerprint density at radius 3 is 2.05 bits per heavy atom. The van der Waals surface area contributed by atoms with E-state index in [1.54, 1.807) is 48.5 Å². The predicted octanol–water partition coefficient (Wildman–Crippen LogP) is 1.76. The molecular weight excluding hydrogens is 268 g/mol. The van der Waals surface area contributed by atoms with E-state index in [1.165, 1.54) is 0 Å². The van der Waals surface area contributed by atoms with Crippen LogP contribution in [0.5, 0.6) is 11.5 Å². The van der Waals surface area contributed by atoms with E-state index in [1.807, 2.05) is 0 Å². The SMILES string of the molecule is NCC(=O)c1ccc(Oc2cccc(C(=O)CN)c2)cc1. The van der Waals surface area contributed by atoms with Gasteiger partial charge in [0.15, 0.2) is 11.6 Å². The first-order valence-corrected chi connectivity index (χ1v) is 6.48. The van der Waals surface area contributed by atoms with Gasteiger partial charge in [-0.3, -0.25) is 9.59 Å². The zero-order valence-electron chi connectivity index (χ0n) is 11.4. The lowest BCUT2D eigenvalue weighted by Crippen LogP contribution is -2.13. The topological polar surface area (TPSA) is 95.4 Å². The molecule has 4 N–H and O–H groups in total. The Bertz CT molecular complexity index is 651. The molecule has 0 bridgehead atoms. The molecule has 5 heteroatoms. The fourth-order valence-electron chi connectivity index (χ4n) is 1.81. The van der Waals surface area contributed by atoms with Gasteiger partial charge in [0.25, 0.3) is 0 Å².